The monoisotopic (exact) mass is 624 g/mol. The maximum absolute atomic E-state index is 13.4. The summed E-state index contributed by atoms with van der Waals surface area (Å²) in [6.45, 7) is 4.49. The van der Waals surface area contributed by atoms with Gasteiger partial charge in [-0.1, -0.05) is 51.0 Å². The van der Waals surface area contributed by atoms with Crippen LogP contribution in [0.5, 0.6) is 0 Å². The van der Waals surface area contributed by atoms with E-state index in [1.165, 1.54) is 59.9 Å². The van der Waals surface area contributed by atoms with Gasteiger partial charge >= 0.3 is 6.09 Å². The number of ether oxygens (including phenoxy) is 1. The number of imidazole rings is 1. The van der Waals surface area contributed by atoms with Crippen LogP contribution in [0.15, 0.2) is 34.2 Å². The lowest BCUT2D eigenvalue weighted by Gasteiger charge is -2.30. The normalized spacial score (nSPS) is 20.3. The van der Waals surface area contributed by atoms with Crippen LogP contribution >= 0.6 is 27.3 Å². The number of rotatable bonds is 6. The first-order valence-electron chi connectivity index (χ1n) is 14.4. The number of amides is 2. The quantitative estimate of drug-likeness (QED) is 0.302. The summed E-state index contributed by atoms with van der Waals surface area (Å²) in [4.78, 5) is 36.7. The fraction of sp³-hybridized carbons (Fsp3) is 0.516. The van der Waals surface area contributed by atoms with Crippen LogP contribution < -0.4 is 5.32 Å². The Bertz CT molecular complexity index is 1410. The Balaban J connectivity index is 1.19. The van der Waals surface area contributed by atoms with Crippen molar-refractivity contribution >= 4 is 39.3 Å². The summed E-state index contributed by atoms with van der Waals surface area (Å²) < 4.78 is 6.05. The fourth-order valence-corrected chi connectivity index (χ4v) is 8.94. The molecular weight excluding hydrogens is 588 g/mol. The van der Waals surface area contributed by atoms with Crippen LogP contribution in [0.25, 0.3) is 21.7 Å². The first-order chi connectivity index (χ1) is 19.3. The lowest BCUT2D eigenvalue weighted by molar-refractivity contribution is -0.135. The van der Waals surface area contributed by atoms with Crippen LogP contribution in [0.3, 0.4) is 0 Å². The number of hydrogen-bond acceptors (Lipinski definition) is 5. The molecule has 1 saturated carbocycles. The van der Waals surface area contributed by atoms with E-state index in [1.807, 2.05) is 36.3 Å². The van der Waals surface area contributed by atoms with E-state index in [1.54, 1.807) is 11.1 Å². The van der Waals surface area contributed by atoms with Crippen molar-refractivity contribution in [1.82, 2.24) is 20.2 Å². The number of halogens is 1. The molecule has 40 heavy (non-hydrogen) atoms. The number of methoxy groups -OCH3 is 1. The molecule has 2 aromatic heterocycles. The molecule has 0 bridgehead atoms. The first kappa shape index (κ1) is 27.5. The summed E-state index contributed by atoms with van der Waals surface area (Å²) in [5.41, 5.74) is 6.89. The van der Waals surface area contributed by atoms with Crippen LogP contribution in [0, 0.1) is 11.3 Å². The van der Waals surface area contributed by atoms with Gasteiger partial charge in [-0.25, -0.2) is 9.78 Å². The largest absolute Gasteiger partial charge is 0.453 e. The summed E-state index contributed by atoms with van der Waals surface area (Å²) in [6.07, 6.45) is 10.9. The van der Waals surface area contributed by atoms with Crippen molar-refractivity contribution in [2.45, 2.75) is 77.3 Å². The minimum absolute atomic E-state index is 0.0626. The molecule has 2 aliphatic carbocycles. The molecule has 9 heteroatoms. The van der Waals surface area contributed by atoms with Gasteiger partial charge in [0.15, 0.2) is 0 Å². The Morgan fingerprint density at radius 2 is 1.82 bits per heavy atom. The van der Waals surface area contributed by atoms with Gasteiger partial charge in [0.2, 0.25) is 5.91 Å². The lowest BCUT2D eigenvalue weighted by atomic mass is 9.83. The minimum atomic E-state index is -0.641. The number of thiophene rings is 1. The Labute approximate surface area is 248 Å². The third-order valence-electron chi connectivity index (χ3n) is 9.13. The second-order valence-electron chi connectivity index (χ2n) is 12.0. The maximum Gasteiger partial charge on any atom is 0.407 e. The number of nitrogens with one attached hydrogen (secondary N) is 2. The third-order valence-corrected chi connectivity index (χ3v) is 11.2. The molecule has 0 radical (unpaired) electrons. The number of fused-ring (bicyclic) bond motifs is 1. The molecule has 3 aliphatic rings. The van der Waals surface area contributed by atoms with Gasteiger partial charge in [-0.05, 0) is 88.0 Å². The summed E-state index contributed by atoms with van der Waals surface area (Å²) in [5, 5.41) is 2.71. The van der Waals surface area contributed by atoms with E-state index in [0.29, 0.717) is 12.0 Å². The number of carbonyl (C=O) groups excluding carboxylic acids is 2. The Kier molecular flexibility index (Phi) is 7.55. The van der Waals surface area contributed by atoms with E-state index < -0.39 is 12.1 Å². The summed E-state index contributed by atoms with van der Waals surface area (Å²) in [6, 6.07) is 8.00. The smallest absolute Gasteiger partial charge is 0.407 e. The van der Waals surface area contributed by atoms with Crippen molar-refractivity contribution in [2.75, 3.05) is 13.7 Å². The molecule has 0 unspecified atom stereocenters. The van der Waals surface area contributed by atoms with E-state index in [9.17, 15) is 9.59 Å². The first-order valence-corrected chi connectivity index (χ1v) is 16.0. The number of alkyl carbamates (subject to hydrolysis) is 1. The number of likely N-dealkylation sites (tertiary alicyclic amines) is 1. The van der Waals surface area contributed by atoms with Gasteiger partial charge in [-0.3, -0.25) is 4.79 Å². The fourth-order valence-electron chi connectivity index (χ4n) is 7.00. The van der Waals surface area contributed by atoms with E-state index in [2.05, 4.69) is 50.5 Å². The molecule has 2 atom stereocenters. The molecule has 7 nitrogen and oxygen atoms in total. The molecule has 212 valence electrons. The topological polar surface area (TPSA) is 87.3 Å². The Morgan fingerprint density at radius 3 is 2.52 bits per heavy atom. The molecule has 1 aliphatic heterocycles. The van der Waals surface area contributed by atoms with Crippen LogP contribution in [0.2, 0.25) is 0 Å². The van der Waals surface area contributed by atoms with E-state index in [4.69, 9.17) is 9.72 Å². The van der Waals surface area contributed by atoms with Gasteiger partial charge in [0, 0.05) is 11.4 Å². The number of nitrogens with zero attached hydrogens (tertiary/aromatic N) is 2. The molecule has 2 fully saturated rings. The van der Waals surface area contributed by atoms with E-state index in [0.717, 1.165) is 29.9 Å². The zero-order chi connectivity index (χ0) is 28.0. The highest BCUT2D eigenvalue weighted by atomic mass is 79.9. The number of hydrogen-bond donors (Lipinski definition) is 2. The van der Waals surface area contributed by atoms with Crippen LogP contribution in [0.4, 0.5) is 4.79 Å². The van der Waals surface area contributed by atoms with Crippen LogP contribution in [-0.4, -0.2) is 46.6 Å². The molecule has 6 rings (SSSR count). The number of benzene rings is 1. The van der Waals surface area contributed by atoms with Gasteiger partial charge in [0.1, 0.15) is 11.9 Å². The van der Waals surface area contributed by atoms with Crippen molar-refractivity contribution in [3.63, 3.8) is 0 Å². The average molecular weight is 626 g/mol. The van der Waals surface area contributed by atoms with Crippen molar-refractivity contribution in [3.05, 3.63) is 51.2 Å². The van der Waals surface area contributed by atoms with Crippen molar-refractivity contribution in [2.24, 2.45) is 11.3 Å². The van der Waals surface area contributed by atoms with Crippen molar-refractivity contribution in [1.29, 1.82) is 0 Å². The third kappa shape index (κ3) is 5.00. The summed E-state index contributed by atoms with van der Waals surface area (Å²) in [7, 11) is 1.31. The van der Waals surface area contributed by atoms with E-state index in [-0.39, 0.29) is 17.9 Å². The standard InChI is InChI=1S/C31H37BrN4O3S/c1-18(2)25(35-30(38)39-3)29(37)36-14-6-7-24(36)28-33-17-23(34-28)19-8-10-20(11-9-19)26-21-15-31(12-4-5-13-31)16-22(21)27(32)40-26/h8-11,17-18,24-25H,4-7,12-16H2,1-3H3,(H,33,34)(H,35,38)/t24-,25-/m0/s1. The number of H-pyrrole nitrogens is 1. The molecule has 3 aromatic rings. The maximum atomic E-state index is 13.4. The molecule has 3 heterocycles. The second-order valence-corrected chi connectivity index (χ2v) is 14.4. The lowest BCUT2D eigenvalue weighted by Crippen LogP contribution is -2.51. The molecule has 1 aromatic carbocycles. The van der Waals surface area contributed by atoms with E-state index >= 15 is 0 Å². The molecule has 2 N–H and O–H groups in total. The van der Waals surface area contributed by atoms with Crippen LogP contribution in [0.1, 0.15) is 75.4 Å². The number of carbonyl (C=O) groups is 2. The van der Waals surface area contributed by atoms with Gasteiger partial charge in [-0.15, -0.1) is 11.3 Å². The van der Waals surface area contributed by atoms with Crippen molar-refractivity contribution < 1.29 is 14.3 Å². The minimum Gasteiger partial charge on any atom is -0.453 e. The summed E-state index contributed by atoms with van der Waals surface area (Å²) >= 11 is 5.75. The highest BCUT2D eigenvalue weighted by Crippen LogP contribution is 2.55. The Morgan fingerprint density at radius 1 is 1.12 bits per heavy atom. The molecular formula is C31H37BrN4O3S. The highest BCUT2D eigenvalue weighted by molar-refractivity contribution is 9.11. The highest BCUT2D eigenvalue weighted by Gasteiger charge is 2.42. The average Bonchev–Trinajstić information content (AvgIpc) is 3.78. The number of aromatic nitrogens is 2. The van der Waals surface area contributed by atoms with Gasteiger partial charge in [0.05, 0.1) is 28.8 Å². The van der Waals surface area contributed by atoms with Crippen LogP contribution in [-0.2, 0) is 22.4 Å². The molecule has 2 amide bonds. The predicted molar refractivity (Wildman–Crippen MR) is 161 cm³/mol. The second kappa shape index (κ2) is 11.0. The van der Waals surface area contributed by atoms with Gasteiger partial charge in [0.25, 0.3) is 0 Å². The predicted octanol–water partition coefficient (Wildman–Crippen LogP) is 7.27. The zero-order valence-electron chi connectivity index (χ0n) is 23.4. The zero-order valence-corrected chi connectivity index (χ0v) is 25.8. The summed E-state index contributed by atoms with van der Waals surface area (Å²) in [5.74, 6) is 0.624. The Hall–Kier alpha value is -2.65. The van der Waals surface area contributed by atoms with Gasteiger partial charge < -0.3 is 19.9 Å². The molecule has 1 spiro atoms. The number of aromatic amines is 1. The SMILES string of the molecule is COC(=O)N[C@H](C(=O)N1CCC[C@H]1c1ncc(-c2ccc(-c3sc(Br)c4c3CC3(CCCC3)C4)cc2)[nH]1)C(C)C. The molecule has 1 saturated heterocycles. The van der Waals surface area contributed by atoms with Gasteiger partial charge in [-0.2, -0.15) is 0 Å². The van der Waals surface area contributed by atoms with Crippen molar-refractivity contribution in [3.8, 4) is 21.7 Å².